The molecule has 6 heteroatoms. The summed E-state index contributed by atoms with van der Waals surface area (Å²) in [7, 11) is 0. The minimum atomic E-state index is -0.399. The third kappa shape index (κ3) is 2.92. The normalized spacial score (nSPS) is 24.4. The Labute approximate surface area is 105 Å². The van der Waals surface area contributed by atoms with Crippen molar-refractivity contribution in [1.29, 1.82) is 0 Å². The molecule has 1 aromatic rings. The average molecular weight is 255 g/mol. The molecule has 2 heterocycles. The van der Waals surface area contributed by atoms with E-state index in [0.717, 1.165) is 19.4 Å². The lowest BCUT2D eigenvalue weighted by molar-refractivity contribution is -0.125. The maximum Gasteiger partial charge on any atom is 0.233 e. The second kappa shape index (κ2) is 4.98. The van der Waals surface area contributed by atoms with Crippen LogP contribution in [0, 0.1) is 5.41 Å². The van der Waals surface area contributed by atoms with Crippen molar-refractivity contribution in [2.24, 2.45) is 5.41 Å². The van der Waals surface area contributed by atoms with Gasteiger partial charge in [0.1, 0.15) is 5.15 Å². The van der Waals surface area contributed by atoms with Crippen LogP contribution in [0.3, 0.4) is 0 Å². The predicted molar refractivity (Wildman–Crippen MR) is 65.9 cm³/mol. The number of hydrogen-bond acceptors (Lipinski definition) is 4. The zero-order valence-corrected chi connectivity index (χ0v) is 10.4. The Morgan fingerprint density at radius 1 is 1.65 bits per heavy atom. The molecule has 1 fully saturated rings. The van der Waals surface area contributed by atoms with Gasteiger partial charge in [-0.15, -0.1) is 0 Å². The Balaban J connectivity index is 2.05. The number of nitrogens with one attached hydrogen (secondary N) is 2. The molecule has 2 rings (SSSR count). The van der Waals surface area contributed by atoms with Crippen LogP contribution in [0.2, 0.25) is 5.15 Å². The van der Waals surface area contributed by atoms with Crippen LogP contribution in [0.4, 0.5) is 5.95 Å². The first-order valence-corrected chi connectivity index (χ1v) is 5.99. The monoisotopic (exact) mass is 254 g/mol. The molecule has 0 spiro atoms. The summed E-state index contributed by atoms with van der Waals surface area (Å²) in [5, 5.41) is 6.25. The lowest BCUT2D eigenvalue weighted by Crippen LogP contribution is -2.46. The summed E-state index contributed by atoms with van der Waals surface area (Å²) in [5.74, 6) is 0.196. The molecule has 1 unspecified atom stereocenters. The van der Waals surface area contributed by atoms with E-state index in [1.54, 1.807) is 6.07 Å². The third-order valence-corrected chi connectivity index (χ3v) is 3.20. The number of carbonyl (C=O) groups excluding carboxylic acids is 1. The van der Waals surface area contributed by atoms with Gasteiger partial charge in [0.15, 0.2) is 0 Å². The standard InChI is InChI=1S/C11H15ClN4O/c1-11(4-2-5-13-7-11)9(17)16-10-14-6-3-8(12)15-10/h3,6,13H,2,4-5,7H2,1H3,(H,14,15,16,17). The smallest absolute Gasteiger partial charge is 0.233 e. The molecule has 0 bridgehead atoms. The lowest BCUT2D eigenvalue weighted by Gasteiger charge is -2.32. The van der Waals surface area contributed by atoms with Crippen molar-refractivity contribution >= 4 is 23.5 Å². The molecule has 5 nitrogen and oxygen atoms in total. The quantitative estimate of drug-likeness (QED) is 0.784. The van der Waals surface area contributed by atoms with Crippen molar-refractivity contribution < 1.29 is 4.79 Å². The third-order valence-electron chi connectivity index (χ3n) is 2.99. The molecule has 17 heavy (non-hydrogen) atoms. The van der Waals surface area contributed by atoms with Crippen molar-refractivity contribution in [3.8, 4) is 0 Å². The number of aromatic nitrogens is 2. The summed E-state index contributed by atoms with van der Waals surface area (Å²) in [6.07, 6.45) is 3.39. The highest BCUT2D eigenvalue weighted by Crippen LogP contribution is 2.26. The van der Waals surface area contributed by atoms with Gasteiger partial charge in [0, 0.05) is 12.7 Å². The summed E-state index contributed by atoms with van der Waals surface area (Å²) in [6.45, 7) is 3.59. The maximum absolute atomic E-state index is 12.1. The number of carbonyl (C=O) groups is 1. The van der Waals surface area contributed by atoms with E-state index in [1.165, 1.54) is 6.20 Å². The SMILES string of the molecule is CC1(C(=O)Nc2nccc(Cl)n2)CCCNC1. The van der Waals surface area contributed by atoms with Gasteiger partial charge in [0.2, 0.25) is 11.9 Å². The molecule has 0 aromatic carbocycles. The van der Waals surface area contributed by atoms with Crippen molar-refractivity contribution in [2.75, 3.05) is 18.4 Å². The average Bonchev–Trinajstić information content (AvgIpc) is 2.30. The fourth-order valence-electron chi connectivity index (χ4n) is 1.90. The van der Waals surface area contributed by atoms with Crippen molar-refractivity contribution in [2.45, 2.75) is 19.8 Å². The zero-order chi connectivity index (χ0) is 12.3. The van der Waals surface area contributed by atoms with Crippen LogP contribution < -0.4 is 10.6 Å². The predicted octanol–water partition coefficient (Wildman–Crippen LogP) is 1.46. The Bertz CT molecular complexity index is 418. The van der Waals surface area contributed by atoms with Crippen LogP contribution in [0.25, 0.3) is 0 Å². The van der Waals surface area contributed by atoms with Crippen molar-refractivity contribution in [3.05, 3.63) is 17.4 Å². The number of rotatable bonds is 2. The molecule has 0 saturated carbocycles. The number of anilines is 1. The number of amides is 1. The lowest BCUT2D eigenvalue weighted by atomic mass is 9.82. The summed E-state index contributed by atoms with van der Waals surface area (Å²) >= 11 is 5.73. The molecule has 0 aliphatic carbocycles. The second-order valence-corrected chi connectivity index (χ2v) is 4.89. The Hall–Kier alpha value is -1.20. The molecule has 1 saturated heterocycles. The largest absolute Gasteiger partial charge is 0.316 e. The topological polar surface area (TPSA) is 66.9 Å². The fourth-order valence-corrected chi connectivity index (χ4v) is 2.04. The molecular weight excluding hydrogens is 240 g/mol. The molecule has 1 aliphatic rings. The van der Waals surface area contributed by atoms with Crippen LogP contribution in [0.5, 0.6) is 0 Å². The Morgan fingerprint density at radius 3 is 3.12 bits per heavy atom. The maximum atomic E-state index is 12.1. The highest BCUT2D eigenvalue weighted by Gasteiger charge is 2.34. The molecule has 1 amide bonds. The van der Waals surface area contributed by atoms with Crippen LogP contribution in [0.1, 0.15) is 19.8 Å². The number of piperidine rings is 1. The van der Waals surface area contributed by atoms with E-state index >= 15 is 0 Å². The molecule has 2 N–H and O–H groups in total. The Morgan fingerprint density at radius 2 is 2.47 bits per heavy atom. The molecule has 92 valence electrons. The number of halogens is 1. The van der Waals surface area contributed by atoms with Crippen LogP contribution in [-0.2, 0) is 4.79 Å². The summed E-state index contributed by atoms with van der Waals surface area (Å²) in [5.41, 5.74) is -0.399. The number of hydrogen-bond donors (Lipinski definition) is 2. The second-order valence-electron chi connectivity index (χ2n) is 4.50. The minimum absolute atomic E-state index is 0.0630. The van der Waals surface area contributed by atoms with E-state index < -0.39 is 5.41 Å². The van der Waals surface area contributed by atoms with E-state index in [4.69, 9.17) is 11.6 Å². The van der Waals surface area contributed by atoms with Gasteiger partial charge < -0.3 is 5.32 Å². The fraction of sp³-hybridized carbons (Fsp3) is 0.545. The Kier molecular flexibility index (Phi) is 3.59. The van der Waals surface area contributed by atoms with Gasteiger partial charge in [0.25, 0.3) is 0 Å². The van der Waals surface area contributed by atoms with Crippen molar-refractivity contribution in [3.63, 3.8) is 0 Å². The first kappa shape index (κ1) is 12.3. The highest BCUT2D eigenvalue weighted by atomic mass is 35.5. The molecule has 1 aromatic heterocycles. The summed E-state index contributed by atoms with van der Waals surface area (Å²) < 4.78 is 0. The first-order valence-electron chi connectivity index (χ1n) is 5.61. The van der Waals surface area contributed by atoms with Gasteiger partial charge in [-0.2, -0.15) is 0 Å². The molecule has 0 radical (unpaired) electrons. The van der Waals surface area contributed by atoms with Gasteiger partial charge >= 0.3 is 0 Å². The van der Waals surface area contributed by atoms with Gasteiger partial charge in [-0.3, -0.25) is 10.1 Å². The van der Waals surface area contributed by atoms with Gasteiger partial charge in [-0.1, -0.05) is 11.6 Å². The first-order chi connectivity index (χ1) is 8.10. The van der Waals surface area contributed by atoms with Gasteiger partial charge in [-0.05, 0) is 32.4 Å². The van der Waals surface area contributed by atoms with E-state index in [1.807, 2.05) is 6.92 Å². The van der Waals surface area contributed by atoms with E-state index in [0.29, 0.717) is 11.7 Å². The minimum Gasteiger partial charge on any atom is -0.316 e. The highest BCUT2D eigenvalue weighted by molar-refractivity contribution is 6.29. The van der Waals surface area contributed by atoms with Gasteiger partial charge in [-0.25, -0.2) is 9.97 Å². The van der Waals surface area contributed by atoms with Crippen LogP contribution in [-0.4, -0.2) is 29.0 Å². The van der Waals surface area contributed by atoms with Crippen molar-refractivity contribution in [1.82, 2.24) is 15.3 Å². The summed E-state index contributed by atoms with van der Waals surface area (Å²) in [4.78, 5) is 20.0. The zero-order valence-electron chi connectivity index (χ0n) is 9.66. The van der Waals surface area contributed by atoms with Crippen LogP contribution in [0.15, 0.2) is 12.3 Å². The van der Waals surface area contributed by atoms with E-state index in [9.17, 15) is 4.79 Å². The number of nitrogens with zero attached hydrogens (tertiary/aromatic N) is 2. The molecule has 1 atom stereocenters. The molecular formula is C11H15ClN4O. The van der Waals surface area contributed by atoms with Crippen LogP contribution >= 0.6 is 11.6 Å². The van der Waals surface area contributed by atoms with E-state index in [-0.39, 0.29) is 11.9 Å². The van der Waals surface area contributed by atoms with E-state index in [2.05, 4.69) is 20.6 Å². The molecule has 1 aliphatic heterocycles. The van der Waals surface area contributed by atoms with Gasteiger partial charge in [0.05, 0.1) is 5.41 Å². The summed E-state index contributed by atoms with van der Waals surface area (Å²) in [6, 6.07) is 1.57.